The van der Waals surface area contributed by atoms with E-state index in [0.29, 0.717) is 19.0 Å². The monoisotopic (exact) mass is 320 g/mol. The van der Waals surface area contributed by atoms with Crippen LogP contribution in [0, 0.1) is 0 Å². The molecule has 0 aliphatic carbocycles. The first kappa shape index (κ1) is 17.6. The van der Waals surface area contributed by atoms with Crippen LogP contribution in [0.3, 0.4) is 0 Å². The quantitative estimate of drug-likeness (QED) is 0.795. The molecule has 128 valence electrons. The van der Waals surface area contributed by atoms with Crippen molar-refractivity contribution in [2.24, 2.45) is 0 Å². The highest BCUT2D eigenvalue weighted by Crippen LogP contribution is 2.22. The molecule has 7 nitrogen and oxygen atoms in total. The molecule has 1 atom stereocenters. The van der Waals surface area contributed by atoms with Crippen molar-refractivity contribution >= 4 is 11.7 Å². The molecule has 0 radical (unpaired) electrons. The van der Waals surface area contributed by atoms with Crippen LogP contribution >= 0.6 is 0 Å². The summed E-state index contributed by atoms with van der Waals surface area (Å²) in [5.41, 5.74) is 0.875. The van der Waals surface area contributed by atoms with Gasteiger partial charge >= 0.3 is 0 Å². The maximum atomic E-state index is 12.1. The highest BCUT2D eigenvalue weighted by molar-refractivity contribution is 5.77. The fourth-order valence-electron chi connectivity index (χ4n) is 2.70. The van der Waals surface area contributed by atoms with E-state index in [1.807, 2.05) is 39.2 Å². The second kappa shape index (κ2) is 8.21. The van der Waals surface area contributed by atoms with Crippen molar-refractivity contribution in [2.75, 3.05) is 53.1 Å². The molecule has 0 saturated carbocycles. The first-order valence-corrected chi connectivity index (χ1v) is 8.14. The number of nitrogens with one attached hydrogen (secondary N) is 2. The van der Waals surface area contributed by atoms with Gasteiger partial charge in [-0.25, -0.2) is 9.97 Å². The first-order chi connectivity index (χ1) is 11.0. The minimum absolute atomic E-state index is 0.0838. The largest absolute Gasteiger partial charge is 0.373 e. The number of carbonyl (C=O) groups is 1. The van der Waals surface area contributed by atoms with E-state index < -0.39 is 0 Å². The summed E-state index contributed by atoms with van der Waals surface area (Å²) in [5, 5.41) is 6.50. The number of carbonyl (C=O) groups excluding carboxylic acids is 1. The van der Waals surface area contributed by atoms with Crippen LogP contribution in [0.1, 0.15) is 30.3 Å². The molecule has 1 fully saturated rings. The third-order valence-electron chi connectivity index (χ3n) is 3.99. The van der Waals surface area contributed by atoms with E-state index >= 15 is 0 Å². The fourth-order valence-corrected chi connectivity index (χ4v) is 2.70. The second-order valence-corrected chi connectivity index (χ2v) is 6.38. The summed E-state index contributed by atoms with van der Waals surface area (Å²) in [6, 6.07) is 1.92. The fraction of sp³-hybridized carbons (Fsp3) is 0.688. The van der Waals surface area contributed by atoms with Gasteiger partial charge in [0.2, 0.25) is 5.91 Å². The normalized spacial score (nSPS) is 18.0. The average molecular weight is 320 g/mol. The summed E-state index contributed by atoms with van der Waals surface area (Å²) in [6.07, 6.45) is 2.25. The van der Waals surface area contributed by atoms with Crippen LogP contribution in [0.4, 0.5) is 5.82 Å². The van der Waals surface area contributed by atoms with E-state index in [2.05, 4.69) is 15.6 Å². The molecule has 0 spiro atoms. The number of aromatic nitrogens is 2. The Bertz CT molecular complexity index is 527. The van der Waals surface area contributed by atoms with Crippen LogP contribution < -0.4 is 10.6 Å². The van der Waals surface area contributed by atoms with Crippen LogP contribution in [0.25, 0.3) is 0 Å². The van der Waals surface area contributed by atoms with Crippen molar-refractivity contribution in [1.82, 2.24) is 25.1 Å². The van der Waals surface area contributed by atoms with Crippen molar-refractivity contribution in [3.8, 4) is 0 Å². The molecule has 2 N–H and O–H groups in total. The van der Waals surface area contributed by atoms with Gasteiger partial charge in [-0.15, -0.1) is 0 Å². The molecule has 0 bridgehead atoms. The van der Waals surface area contributed by atoms with Gasteiger partial charge in [0.1, 0.15) is 11.6 Å². The van der Waals surface area contributed by atoms with Crippen LogP contribution in [0.5, 0.6) is 0 Å². The zero-order valence-electron chi connectivity index (χ0n) is 14.6. The van der Waals surface area contributed by atoms with Crippen LogP contribution in [-0.2, 0) is 11.3 Å². The van der Waals surface area contributed by atoms with Gasteiger partial charge in [0.15, 0.2) is 0 Å². The smallest absolute Gasteiger partial charge is 0.236 e. The van der Waals surface area contributed by atoms with Crippen molar-refractivity contribution in [3.63, 3.8) is 0 Å². The number of rotatable bonds is 6. The molecule has 2 heterocycles. The molecular formula is C16H28N6O. The predicted octanol–water partition coefficient (Wildman–Crippen LogP) is 0.505. The number of anilines is 1. The summed E-state index contributed by atoms with van der Waals surface area (Å²) >= 11 is 0. The number of likely N-dealkylation sites (N-methyl/N-ethyl adjacent to an activating group) is 2. The lowest BCUT2D eigenvalue weighted by molar-refractivity contribution is -0.131. The Hall–Kier alpha value is -1.73. The topological polar surface area (TPSA) is 73.4 Å². The van der Waals surface area contributed by atoms with Gasteiger partial charge in [0.05, 0.1) is 18.8 Å². The van der Waals surface area contributed by atoms with E-state index in [4.69, 9.17) is 4.98 Å². The number of hydrogen-bond acceptors (Lipinski definition) is 6. The molecule has 0 unspecified atom stereocenters. The third-order valence-corrected chi connectivity index (χ3v) is 3.99. The van der Waals surface area contributed by atoms with Crippen molar-refractivity contribution in [3.05, 3.63) is 17.6 Å². The maximum Gasteiger partial charge on any atom is 0.236 e. The molecule has 1 aromatic rings. The third kappa shape index (κ3) is 5.14. The van der Waals surface area contributed by atoms with Crippen molar-refractivity contribution < 1.29 is 4.79 Å². The van der Waals surface area contributed by atoms with Gasteiger partial charge in [0.25, 0.3) is 0 Å². The standard InChI is InChI=1S/C16H28N6O/c1-17-14-8-13(10-22(4)15(23)11-21(2)3)19-16(20-14)12-6-5-7-18-9-12/h8,12,18H,5-7,9-11H2,1-4H3,(H,17,19,20)/t12-/m0/s1. The minimum atomic E-state index is 0.0838. The van der Waals surface area contributed by atoms with Gasteiger partial charge in [-0.1, -0.05) is 0 Å². The molecule has 2 rings (SSSR count). The summed E-state index contributed by atoms with van der Waals surface area (Å²) in [6.45, 7) is 2.88. The molecule has 1 amide bonds. The zero-order valence-corrected chi connectivity index (χ0v) is 14.6. The van der Waals surface area contributed by atoms with Gasteiger partial charge in [0, 0.05) is 32.6 Å². The van der Waals surface area contributed by atoms with E-state index in [1.54, 1.807) is 4.90 Å². The second-order valence-electron chi connectivity index (χ2n) is 6.38. The molecule has 1 aliphatic heterocycles. The molecule has 7 heteroatoms. The number of piperidine rings is 1. The molecular weight excluding hydrogens is 292 g/mol. The van der Waals surface area contributed by atoms with E-state index in [-0.39, 0.29) is 5.91 Å². The highest BCUT2D eigenvalue weighted by atomic mass is 16.2. The molecule has 1 saturated heterocycles. The van der Waals surface area contributed by atoms with Crippen LogP contribution in [0.2, 0.25) is 0 Å². The van der Waals surface area contributed by atoms with Crippen LogP contribution in [-0.4, -0.2) is 73.5 Å². The van der Waals surface area contributed by atoms with Crippen molar-refractivity contribution in [2.45, 2.75) is 25.3 Å². The molecule has 1 aliphatic rings. The lowest BCUT2D eigenvalue weighted by atomic mass is 9.99. The highest BCUT2D eigenvalue weighted by Gasteiger charge is 2.20. The Labute approximate surface area is 138 Å². The Morgan fingerprint density at radius 3 is 2.78 bits per heavy atom. The lowest BCUT2D eigenvalue weighted by Gasteiger charge is -2.23. The summed E-state index contributed by atoms with van der Waals surface area (Å²) < 4.78 is 0. The Kier molecular flexibility index (Phi) is 6.29. The van der Waals surface area contributed by atoms with Crippen LogP contribution in [0.15, 0.2) is 6.07 Å². The molecule has 23 heavy (non-hydrogen) atoms. The maximum absolute atomic E-state index is 12.1. The predicted molar refractivity (Wildman–Crippen MR) is 91.5 cm³/mol. The van der Waals surface area contributed by atoms with E-state index in [9.17, 15) is 4.79 Å². The Balaban J connectivity index is 2.12. The lowest BCUT2D eigenvalue weighted by Crippen LogP contribution is -2.35. The molecule has 0 aromatic carbocycles. The van der Waals surface area contributed by atoms with Gasteiger partial charge in [-0.2, -0.15) is 0 Å². The number of amides is 1. The summed E-state index contributed by atoms with van der Waals surface area (Å²) in [5.74, 6) is 2.11. The minimum Gasteiger partial charge on any atom is -0.373 e. The Morgan fingerprint density at radius 1 is 1.39 bits per heavy atom. The summed E-state index contributed by atoms with van der Waals surface area (Å²) in [4.78, 5) is 25.0. The number of nitrogens with zero attached hydrogens (tertiary/aromatic N) is 4. The number of hydrogen-bond donors (Lipinski definition) is 2. The van der Waals surface area contributed by atoms with Gasteiger partial charge < -0.3 is 20.4 Å². The van der Waals surface area contributed by atoms with E-state index in [1.165, 1.54) is 0 Å². The Morgan fingerprint density at radius 2 is 2.17 bits per heavy atom. The SMILES string of the molecule is CNc1cc(CN(C)C(=O)CN(C)C)nc([C@H]2CCCNC2)n1. The van der Waals surface area contributed by atoms with Gasteiger partial charge in [-0.3, -0.25) is 4.79 Å². The van der Waals surface area contributed by atoms with Gasteiger partial charge in [-0.05, 0) is 33.5 Å². The van der Waals surface area contributed by atoms with E-state index in [0.717, 1.165) is 43.3 Å². The molecule has 1 aromatic heterocycles. The average Bonchev–Trinajstić information content (AvgIpc) is 2.54. The first-order valence-electron chi connectivity index (χ1n) is 8.14. The van der Waals surface area contributed by atoms with Crippen molar-refractivity contribution in [1.29, 1.82) is 0 Å². The summed E-state index contributed by atoms with van der Waals surface area (Å²) in [7, 11) is 7.46. The zero-order chi connectivity index (χ0) is 16.8.